The minimum Gasteiger partial charge on any atom is -0.299 e. The van der Waals surface area contributed by atoms with Crippen molar-refractivity contribution in [2.75, 3.05) is 0 Å². The van der Waals surface area contributed by atoms with Gasteiger partial charge in [-0.2, -0.15) is 0 Å². The Morgan fingerprint density at radius 2 is 1.87 bits per heavy atom. The van der Waals surface area contributed by atoms with Crippen LogP contribution < -0.4 is 0 Å². The van der Waals surface area contributed by atoms with Crippen LogP contribution in [0.3, 0.4) is 0 Å². The van der Waals surface area contributed by atoms with Crippen LogP contribution in [0.25, 0.3) is 0 Å². The lowest BCUT2D eigenvalue weighted by molar-refractivity contribution is -0.130. The van der Waals surface area contributed by atoms with Gasteiger partial charge >= 0.3 is 0 Å². The molecule has 1 nitrogen and oxygen atoms in total. The highest BCUT2D eigenvalue weighted by Gasteiger charge is 2.43. The summed E-state index contributed by atoms with van der Waals surface area (Å²) >= 11 is 0. The van der Waals surface area contributed by atoms with Crippen molar-refractivity contribution >= 4 is 5.78 Å². The fraction of sp³-hybridized carbons (Fsp3) is 0.643. The van der Waals surface area contributed by atoms with Gasteiger partial charge in [-0.15, -0.1) is 0 Å². The van der Waals surface area contributed by atoms with Crippen molar-refractivity contribution in [1.29, 1.82) is 0 Å². The molecule has 0 aromatic rings. The molecule has 3 aliphatic rings. The van der Waals surface area contributed by atoms with Gasteiger partial charge in [0, 0.05) is 12.3 Å². The summed E-state index contributed by atoms with van der Waals surface area (Å²) in [6.07, 6.45) is 14.7. The number of fused-ring (bicyclic) bond motifs is 3. The van der Waals surface area contributed by atoms with E-state index in [1.54, 1.807) is 0 Å². The molecule has 0 bridgehead atoms. The first-order chi connectivity index (χ1) is 7.36. The number of rotatable bonds is 0. The summed E-state index contributed by atoms with van der Waals surface area (Å²) in [4.78, 5) is 12.0. The van der Waals surface area contributed by atoms with E-state index in [0.29, 0.717) is 29.5 Å². The van der Waals surface area contributed by atoms with E-state index in [0.717, 1.165) is 12.8 Å². The summed E-state index contributed by atoms with van der Waals surface area (Å²) in [5.41, 5.74) is 0. The van der Waals surface area contributed by atoms with Gasteiger partial charge in [-0.05, 0) is 30.6 Å². The quantitative estimate of drug-likeness (QED) is 0.590. The largest absolute Gasteiger partial charge is 0.299 e. The zero-order valence-electron chi connectivity index (χ0n) is 9.06. The van der Waals surface area contributed by atoms with Crippen LogP contribution in [0.5, 0.6) is 0 Å². The summed E-state index contributed by atoms with van der Waals surface area (Å²) < 4.78 is 0. The topological polar surface area (TPSA) is 17.1 Å². The zero-order valence-corrected chi connectivity index (χ0v) is 9.06. The standard InChI is InChI=1S/C14H18O/c15-14-9-10-5-1-2-6-11(10)12-7-3-4-8-13(12)14/h1-2,5-6,10-13H,3-4,7-9H2/t10?,11?,12-,13?/m1/s1. The van der Waals surface area contributed by atoms with Crippen molar-refractivity contribution in [2.45, 2.75) is 32.1 Å². The van der Waals surface area contributed by atoms with Gasteiger partial charge in [0.25, 0.3) is 0 Å². The number of Topliss-reactive ketones (excluding diaryl/α,β-unsaturated/α-hetero) is 1. The predicted octanol–water partition coefficient (Wildman–Crippen LogP) is 3.12. The maximum atomic E-state index is 12.0. The highest BCUT2D eigenvalue weighted by molar-refractivity contribution is 5.83. The van der Waals surface area contributed by atoms with Crippen LogP contribution in [0, 0.1) is 23.7 Å². The second-order valence-corrected chi connectivity index (χ2v) is 5.24. The molecule has 4 atom stereocenters. The second-order valence-electron chi connectivity index (χ2n) is 5.24. The molecule has 0 aliphatic heterocycles. The molecule has 0 aromatic carbocycles. The summed E-state index contributed by atoms with van der Waals surface area (Å²) in [7, 11) is 0. The Morgan fingerprint density at radius 3 is 2.80 bits per heavy atom. The Hall–Kier alpha value is -0.850. The molecule has 3 unspecified atom stereocenters. The van der Waals surface area contributed by atoms with Gasteiger partial charge in [0.2, 0.25) is 0 Å². The van der Waals surface area contributed by atoms with Gasteiger partial charge in [-0.25, -0.2) is 0 Å². The fourth-order valence-electron chi connectivity index (χ4n) is 3.74. The molecule has 3 aliphatic carbocycles. The van der Waals surface area contributed by atoms with Crippen LogP contribution in [0.2, 0.25) is 0 Å². The molecule has 0 N–H and O–H groups in total. The Balaban J connectivity index is 1.89. The Bertz CT molecular complexity index is 326. The number of ketones is 1. The lowest BCUT2D eigenvalue weighted by Gasteiger charge is -2.43. The smallest absolute Gasteiger partial charge is 0.136 e. The minimum absolute atomic E-state index is 0.399. The molecule has 2 fully saturated rings. The van der Waals surface area contributed by atoms with Crippen LogP contribution >= 0.6 is 0 Å². The number of hydrogen-bond acceptors (Lipinski definition) is 1. The summed E-state index contributed by atoms with van der Waals surface area (Å²) in [6, 6.07) is 0. The maximum Gasteiger partial charge on any atom is 0.136 e. The van der Waals surface area contributed by atoms with Crippen LogP contribution in [-0.4, -0.2) is 5.78 Å². The molecule has 0 saturated heterocycles. The van der Waals surface area contributed by atoms with E-state index in [1.807, 2.05) is 0 Å². The van der Waals surface area contributed by atoms with Crippen LogP contribution in [-0.2, 0) is 4.79 Å². The number of carbonyl (C=O) groups excluding carboxylic acids is 1. The lowest BCUT2D eigenvalue weighted by Crippen LogP contribution is -2.41. The molecule has 1 heteroatoms. The van der Waals surface area contributed by atoms with Crippen LogP contribution in [0.15, 0.2) is 24.3 Å². The van der Waals surface area contributed by atoms with Crippen molar-refractivity contribution in [1.82, 2.24) is 0 Å². The second kappa shape index (κ2) is 3.62. The molecule has 0 radical (unpaired) electrons. The normalized spacial score (nSPS) is 43.6. The number of allylic oxidation sites excluding steroid dienone is 4. The van der Waals surface area contributed by atoms with Crippen molar-refractivity contribution in [2.24, 2.45) is 23.7 Å². The molecule has 3 rings (SSSR count). The first-order valence-electron chi connectivity index (χ1n) is 6.24. The molecule has 15 heavy (non-hydrogen) atoms. The van der Waals surface area contributed by atoms with Gasteiger partial charge in [-0.3, -0.25) is 4.79 Å². The highest BCUT2D eigenvalue weighted by Crippen LogP contribution is 2.46. The van der Waals surface area contributed by atoms with E-state index in [4.69, 9.17) is 0 Å². The van der Waals surface area contributed by atoms with E-state index >= 15 is 0 Å². The Labute approximate surface area is 91.2 Å². The van der Waals surface area contributed by atoms with Gasteiger partial charge in [0.05, 0.1) is 0 Å². The van der Waals surface area contributed by atoms with E-state index < -0.39 is 0 Å². The SMILES string of the molecule is O=C1CC2C=CC=CC2[C@H]2CCCCC12. The zero-order chi connectivity index (χ0) is 10.3. The van der Waals surface area contributed by atoms with E-state index in [9.17, 15) is 4.79 Å². The average Bonchev–Trinajstić information content (AvgIpc) is 2.30. The predicted molar refractivity (Wildman–Crippen MR) is 60.3 cm³/mol. The van der Waals surface area contributed by atoms with E-state index in [2.05, 4.69) is 24.3 Å². The third kappa shape index (κ3) is 1.49. The van der Waals surface area contributed by atoms with Crippen molar-refractivity contribution in [3.63, 3.8) is 0 Å². The van der Waals surface area contributed by atoms with Crippen molar-refractivity contribution < 1.29 is 4.79 Å². The minimum atomic E-state index is 0.399. The van der Waals surface area contributed by atoms with Gasteiger partial charge < -0.3 is 0 Å². The molecule has 2 saturated carbocycles. The molecule has 0 aromatic heterocycles. The molecular formula is C14H18O. The monoisotopic (exact) mass is 202 g/mol. The third-order valence-corrected chi connectivity index (χ3v) is 4.46. The Kier molecular flexibility index (Phi) is 2.27. The summed E-state index contributed by atoms with van der Waals surface area (Å²) in [6.45, 7) is 0. The van der Waals surface area contributed by atoms with Crippen LogP contribution in [0.1, 0.15) is 32.1 Å². The first kappa shape index (κ1) is 9.38. The maximum absolute atomic E-state index is 12.0. The van der Waals surface area contributed by atoms with Crippen molar-refractivity contribution in [3.05, 3.63) is 24.3 Å². The highest BCUT2D eigenvalue weighted by atomic mass is 16.1. The van der Waals surface area contributed by atoms with Crippen LogP contribution in [0.4, 0.5) is 0 Å². The molecular weight excluding hydrogens is 184 g/mol. The molecule has 0 heterocycles. The van der Waals surface area contributed by atoms with E-state index in [1.165, 1.54) is 19.3 Å². The van der Waals surface area contributed by atoms with E-state index in [-0.39, 0.29) is 0 Å². The Morgan fingerprint density at radius 1 is 1.07 bits per heavy atom. The molecule has 0 spiro atoms. The van der Waals surface area contributed by atoms with Gasteiger partial charge in [0.1, 0.15) is 5.78 Å². The number of hydrogen-bond donors (Lipinski definition) is 0. The molecule has 80 valence electrons. The fourth-order valence-corrected chi connectivity index (χ4v) is 3.74. The van der Waals surface area contributed by atoms with Gasteiger partial charge in [0.15, 0.2) is 0 Å². The van der Waals surface area contributed by atoms with Gasteiger partial charge in [-0.1, -0.05) is 37.1 Å². The first-order valence-corrected chi connectivity index (χ1v) is 6.24. The summed E-state index contributed by atoms with van der Waals surface area (Å²) in [5.74, 6) is 2.78. The molecule has 0 amide bonds. The number of carbonyl (C=O) groups is 1. The summed E-state index contributed by atoms with van der Waals surface area (Å²) in [5, 5.41) is 0. The van der Waals surface area contributed by atoms with Crippen molar-refractivity contribution in [3.8, 4) is 0 Å². The average molecular weight is 202 g/mol. The third-order valence-electron chi connectivity index (χ3n) is 4.46. The lowest BCUT2D eigenvalue weighted by atomic mass is 9.60.